The van der Waals surface area contributed by atoms with E-state index < -0.39 is 11.7 Å². The van der Waals surface area contributed by atoms with Crippen LogP contribution in [0.25, 0.3) is 0 Å². The van der Waals surface area contributed by atoms with E-state index in [4.69, 9.17) is 14.2 Å². The molecule has 0 spiro atoms. The molecule has 1 heterocycles. The molecule has 3 aliphatic carbocycles. The highest BCUT2D eigenvalue weighted by atomic mass is 16.7. The van der Waals surface area contributed by atoms with Gasteiger partial charge in [0.25, 0.3) is 0 Å². The van der Waals surface area contributed by atoms with Gasteiger partial charge in [-0.15, -0.1) is 0 Å². The molecule has 4 fully saturated rings. The zero-order chi connectivity index (χ0) is 24.2. The topological polar surface area (TPSA) is 78.9 Å². The summed E-state index contributed by atoms with van der Waals surface area (Å²) in [4.78, 5) is 37.1. The maximum Gasteiger partial charge on any atom is 0.306 e. The van der Waals surface area contributed by atoms with Gasteiger partial charge in [0, 0.05) is 36.5 Å². The average Bonchev–Trinajstić information content (AvgIpc) is 3.02. The zero-order valence-electron chi connectivity index (χ0n) is 21.2. The average molecular weight is 463 g/mol. The Morgan fingerprint density at radius 1 is 1.15 bits per heavy atom. The quantitative estimate of drug-likeness (QED) is 0.411. The van der Waals surface area contributed by atoms with Gasteiger partial charge in [-0.1, -0.05) is 41.0 Å². The van der Waals surface area contributed by atoms with Crippen molar-refractivity contribution in [3.63, 3.8) is 0 Å². The Kier molecular flexibility index (Phi) is 6.48. The highest BCUT2D eigenvalue weighted by Crippen LogP contribution is 2.71. The van der Waals surface area contributed by atoms with Crippen molar-refractivity contribution in [2.24, 2.45) is 45.8 Å². The van der Waals surface area contributed by atoms with Crippen LogP contribution in [0.3, 0.4) is 0 Å². The summed E-state index contributed by atoms with van der Waals surface area (Å²) in [6.45, 7) is 12.8. The van der Waals surface area contributed by atoms with Crippen molar-refractivity contribution in [1.82, 2.24) is 0 Å². The number of hydrogen-bond acceptors (Lipinski definition) is 6. The number of fused-ring (bicyclic) bond motifs is 6. The molecule has 1 aliphatic heterocycles. The lowest BCUT2D eigenvalue weighted by atomic mass is 9.38. The molecule has 4 aliphatic rings. The third-order valence-corrected chi connectivity index (χ3v) is 9.67. The van der Waals surface area contributed by atoms with Gasteiger partial charge in [0.15, 0.2) is 0 Å². The highest BCUT2D eigenvalue weighted by molar-refractivity contribution is 5.69. The molecule has 4 rings (SSSR count). The van der Waals surface area contributed by atoms with E-state index in [0.29, 0.717) is 12.3 Å². The van der Waals surface area contributed by atoms with Gasteiger partial charge in [0.2, 0.25) is 6.29 Å². The van der Waals surface area contributed by atoms with Crippen LogP contribution in [0.1, 0.15) is 86.5 Å². The minimum Gasteiger partial charge on any atom is -0.465 e. The van der Waals surface area contributed by atoms with Crippen molar-refractivity contribution in [2.75, 3.05) is 6.61 Å². The molecule has 0 amide bonds. The number of carbonyl (C=O) groups is 3. The van der Waals surface area contributed by atoms with E-state index in [2.05, 4.69) is 20.8 Å². The van der Waals surface area contributed by atoms with Crippen molar-refractivity contribution >= 4 is 18.2 Å². The number of rotatable bonds is 6. The summed E-state index contributed by atoms with van der Waals surface area (Å²) in [5.74, 6) is -0.312. The number of hydrogen-bond donors (Lipinski definition) is 0. The molecule has 0 N–H and O–H groups in total. The van der Waals surface area contributed by atoms with Crippen LogP contribution in [0.15, 0.2) is 0 Å². The van der Waals surface area contributed by atoms with Crippen molar-refractivity contribution in [1.29, 1.82) is 0 Å². The van der Waals surface area contributed by atoms with Gasteiger partial charge in [0.05, 0.1) is 12.7 Å². The molecule has 8 atom stereocenters. The minimum atomic E-state index is -0.699. The standard InChI is InChI=1S/C27H42O6/c1-16(2)12-22(30)31-15-27-11-8-21-25(4,5)9-7-10-26(21,6)23(27)20-13-18(19(27)14-28)24(33-20)32-17(3)29/h14,16,18-21,23-24H,7-13,15H2,1-6H3. The van der Waals surface area contributed by atoms with E-state index in [1.165, 1.54) is 13.3 Å². The summed E-state index contributed by atoms with van der Waals surface area (Å²) in [6.07, 6.45) is 6.64. The minimum absolute atomic E-state index is 0.0214. The second-order valence-electron chi connectivity index (χ2n) is 12.6. The molecular weight excluding hydrogens is 420 g/mol. The Hall–Kier alpha value is -1.43. The molecule has 6 heteroatoms. The van der Waals surface area contributed by atoms with Crippen molar-refractivity contribution in [2.45, 2.75) is 98.9 Å². The van der Waals surface area contributed by atoms with Gasteiger partial charge in [-0.05, 0) is 54.8 Å². The monoisotopic (exact) mass is 462 g/mol. The first kappa shape index (κ1) is 24.7. The second kappa shape index (κ2) is 8.66. The van der Waals surface area contributed by atoms with Crippen LogP contribution in [-0.4, -0.2) is 37.2 Å². The van der Waals surface area contributed by atoms with Gasteiger partial charge in [-0.25, -0.2) is 0 Å². The van der Waals surface area contributed by atoms with Crippen molar-refractivity contribution in [3.05, 3.63) is 0 Å². The van der Waals surface area contributed by atoms with Crippen LogP contribution in [0.5, 0.6) is 0 Å². The van der Waals surface area contributed by atoms with Crippen LogP contribution in [0.2, 0.25) is 0 Å². The fourth-order valence-electron chi connectivity index (χ4n) is 8.70. The maximum atomic E-state index is 12.7. The fraction of sp³-hybridized carbons (Fsp3) is 0.889. The first-order chi connectivity index (χ1) is 15.4. The fourth-order valence-corrected chi connectivity index (χ4v) is 8.70. The Balaban J connectivity index is 1.75. The van der Waals surface area contributed by atoms with Crippen LogP contribution in [0.4, 0.5) is 0 Å². The van der Waals surface area contributed by atoms with Gasteiger partial charge < -0.3 is 19.0 Å². The van der Waals surface area contributed by atoms with Crippen molar-refractivity contribution in [3.8, 4) is 0 Å². The molecule has 0 aromatic carbocycles. The van der Waals surface area contributed by atoms with E-state index >= 15 is 0 Å². The molecular formula is C27H42O6. The zero-order valence-corrected chi connectivity index (χ0v) is 21.2. The number of carbonyl (C=O) groups excluding carboxylic acids is 3. The Morgan fingerprint density at radius 2 is 1.88 bits per heavy atom. The Bertz CT molecular complexity index is 789. The summed E-state index contributed by atoms with van der Waals surface area (Å²) >= 11 is 0. The largest absolute Gasteiger partial charge is 0.465 e. The smallest absolute Gasteiger partial charge is 0.306 e. The summed E-state index contributed by atoms with van der Waals surface area (Å²) in [5.41, 5.74) is -0.281. The van der Waals surface area contributed by atoms with E-state index in [9.17, 15) is 14.4 Å². The molecule has 0 radical (unpaired) electrons. The Labute approximate surface area is 198 Å². The van der Waals surface area contributed by atoms with E-state index in [1.54, 1.807) is 0 Å². The van der Waals surface area contributed by atoms with Gasteiger partial charge in [0.1, 0.15) is 6.29 Å². The Morgan fingerprint density at radius 3 is 2.52 bits per heavy atom. The third kappa shape index (κ3) is 4.04. The number of esters is 2. The molecule has 3 saturated carbocycles. The van der Waals surface area contributed by atoms with Gasteiger partial charge >= 0.3 is 11.9 Å². The molecule has 1 saturated heterocycles. The van der Waals surface area contributed by atoms with Crippen LogP contribution >= 0.6 is 0 Å². The lowest BCUT2D eigenvalue weighted by Gasteiger charge is -2.66. The van der Waals surface area contributed by atoms with Gasteiger partial charge in [-0.2, -0.15) is 0 Å². The highest BCUT2D eigenvalue weighted by Gasteiger charge is 2.70. The lowest BCUT2D eigenvalue weighted by Crippen LogP contribution is -2.64. The first-order valence-corrected chi connectivity index (χ1v) is 12.9. The van der Waals surface area contributed by atoms with Crippen molar-refractivity contribution < 1.29 is 28.6 Å². The van der Waals surface area contributed by atoms with Crippen LogP contribution in [-0.2, 0) is 28.6 Å². The molecule has 6 nitrogen and oxygen atoms in total. The normalized spacial score (nSPS) is 43.4. The lowest BCUT2D eigenvalue weighted by molar-refractivity contribution is -0.217. The second-order valence-corrected chi connectivity index (χ2v) is 12.6. The third-order valence-electron chi connectivity index (χ3n) is 9.67. The summed E-state index contributed by atoms with van der Waals surface area (Å²) in [7, 11) is 0. The molecule has 8 unspecified atom stereocenters. The molecule has 33 heavy (non-hydrogen) atoms. The number of ether oxygens (including phenoxy) is 3. The predicted molar refractivity (Wildman–Crippen MR) is 123 cm³/mol. The molecule has 2 bridgehead atoms. The molecule has 0 aromatic rings. The maximum absolute atomic E-state index is 12.7. The van der Waals surface area contributed by atoms with Crippen LogP contribution in [0, 0.1) is 45.8 Å². The van der Waals surface area contributed by atoms with E-state index in [1.807, 2.05) is 13.8 Å². The molecule has 186 valence electrons. The van der Waals surface area contributed by atoms with E-state index in [-0.39, 0.29) is 59.2 Å². The SMILES string of the molecule is CC(=O)OC1OC2CC1C(C=O)C1(COC(=O)CC(C)C)CCC3C(C)(C)CCCC3(C)C21. The predicted octanol–water partition coefficient (Wildman–Crippen LogP) is 4.93. The summed E-state index contributed by atoms with van der Waals surface area (Å²) in [6, 6.07) is 0. The van der Waals surface area contributed by atoms with Gasteiger partial charge in [-0.3, -0.25) is 9.59 Å². The first-order valence-electron chi connectivity index (χ1n) is 12.9. The van der Waals surface area contributed by atoms with E-state index in [0.717, 1.165) is 38.4 Å². The summed E-state index contributed by atoms with van der Waals surface area (Å²) < 4.78 is 17.9. The summed E-state index contributed by atoms with van der Waals surface area (Å²) in [5, 5.41) is 0. The molecule has 0 aromatic heterocycles. The number of aldehydes is 1. The van der Waals surface area contributed by atoms with Crippen LogP contribution < -0.4 is 0 Å².